The number of rotatable bonds is 7. The lowest BCUT2D eigenvalue weighted by atomic mass is 10.0. The fourth-order valence-electron chi connectivity index (χ4n) is 4.73. The number of aryl methyl sites for hydroxylation is 1. The van der Waals surface area contributed by atoms with Crippen LogP contribution < -0.4 is 10.5 Å². The Morgan fingerprint density at radius 1 is 1.13 bits per heavy atom. The van der Waals surface area contributed by atoms with Crippen LogP contribution in [0, 0.1) is 6.92 Å². The van der Waals surface area contributed by atoms with Gasteiger partial charge in [0, 0.05) is 12.1 Å². The van der Waals surface area contributed by atoms with Crippen molar-refractivity contribution in [1.82, 2.24) is 20.1 Å². The Kier molecular flexibility index (Phi) is 6.80. The number of fused-ring (bicyclic) bond motifs is 1. The molecule has 12 heteroatoms. The zero-order chi connectivity index (χ0) is 27.1. The van der Waals surface area contributed by atoms with E-state index >= 15 is 0 Å². The molecule has 198 valence electrons. The highest BCUT2D eigenvalue weighted by Crippen LogP contribution is 2.32. The molecular formula is C26H27N5O5S2. The quantitative estimate of drug-likeness (QED) is 0.356. The molecule has 2 aromatic carbocycles. The van der Waals surface area contributed by atoms with Crippen molar-refractivity contribution in [2.24, 2.45) is 5.14 Å². The lowest BCUT2D eigenvalue weighted by molar-refractivity contribution is 0.0955. The monoisotopic (exact) mass is 553 g/mol. The van der Waals surface area contributed by atoms with Crippen LogP contribution in [0.1, 0.15) is 34.1 Å². The van der Waals surface area contributed by atoms with Crippen LogP contribution >= 0.6 is 0 Å². The summed E-state index contributed by atoms with van der Waals surface area (Å²) in [5, 5.41) is 13.3. The molecule has 10 nitrogen and oxygen atoms in total. The van der Waals surface area contributed by atoms with E-state index in [0.29, 0.717) is 47.4 Å². The van der Waals surface area contributed by atoms with Crippen LogP contribution in [0.2, 0.25) is 0 Å². The fraction of sp³-hybridized carbons (Fsp3) is 0.269. The van der Waals surface area contributed by atoms with Crippen LogP contribution in [0.15, 0.2) is 65.6 Å². The van der Waals surface area contributed by atoms with E-state index in [1.54, 1.807) is 29.8 Å². The summed E-state index contributed by atoms with van der Waals surface area (Å²) in [7, 11) is -6.92. The van der Waals surface area contributed by atoms with E-state index in [1.165, 1.54) is 12.1 Å². The first-order valence-corrected chi connectivity index (χ1v) is 15.4. The number of amides is 1. The Bertz CT molecular complexity index is 1730. The maximum Gasteiger partial charge on any atom is 0.252 e. The number of carbonyl (C=O) groups is 1. The highest BCUT2D eigenvalue weighted by atomic mass is 32.2. The molecule has 1 aliphatic rings. The van der Waals surface area contributed by atoms with E-state index in [-0.39, 0.29) is 28.4 Å². The van der Waals surface area contributed by atoms with Gasteiger partial charge in [0.2, 0.25) is 10.0 Å². The molecule has 1 amide bonds. The minimum Gasteiger partial charge on any atom is -0.352 e. The van der Waals surface area contributed by atoms with Gasteiger partial charge in [-0.3, -0.25) is 4.79 Å². The number of primary sulfonamides is 1. The van der Waals surface area contributed by atoms with Crippen molar-refractivity contribution < 1.29 is 21.6 Å². The van der Waals surface area contributed by atoms with E-state index in [2.05, 4.69) is 10.4 Å². The summed E-state index contributed by atoms with van der Waals surface area (Å²) in [4.78, 5) is 18.3. The number of aromatic nitrogens is 3. The molecule has 0 bridgehead atoms. The summed E-state index contributed by atoms with van der Waals surface area (Å²) in [6.45, 7) is 2.10. The average molecular weight is 554 g/mol. The Labute approximate surface area is 220 Å². The third-order valence-electron chi connectivity index (χ3n) is 6.66. The predicted octanol–water partition coefficient (Wildman–Crippen LogP) is 2.39. The van der Waals surface area contributed by atoms with Gasteiger partial charge in [0.05, 0.1) is 44.8 Å². The van der Waals surface area contributed by atoms with E-state index in [0.717, 1.165) is 11.1 Å². The average Bonchev–Trinajstić information content (AvgIpc) is 3.42. The van der Waals surface area contributed by atoms with Crippen LogP contribution in [-0.4, -0.2) is 55.6 Å². The van der Waals surface area contributed by atoms with Gasteiger partial charge in [-0.2, -0.15) is 5.10 Å². The number of nitrogens with one attached hydrogen (secondary N) is 1. The minimum atomic E-state index is -3.77. The second-order valence-electron chi connectivity index (χ2n) is 9.40. The first-order chi connectivity index (χ1) is 18.0. The number of carbonyl (C=O) groups excluding carboxylic acids is 1. The second-order valence-corrected chi connectivity index (χ2v) is 13.2. The fourth-order valence-corrected chi connectivity index (χ4v) is 6.94. The third-order valence-corrected chi connectivity index (χ3v) is 9.34. The van der Waals surface area contributed by atoms with Gasteiger partial charge >= 0.3 is 0 Å². The first kappa shape index (κ1) is 26.0. The Hall–Kier alpha value is -3.61. The molecule has 3 heterocycles. The molecule has 4 aromatic rings. The topological polar surface area (TPSA) is 154 Å². The summed E-state index contributed by atoms with van der Waals surface area (Å²) in [5.41, 5.74) is 3.73. The molecule has 5 rings (SSSR count). The SMILES string of the molecule is Cc1nn(C2CCS(=O)(=O)C2)c2nc(-c3ccccc3)cc(C(=O)NCCc3ccc(S(N)(=O)=O)cc3)c12. The maximum atomic E-state index is 13.4. The van der Waals surface area contributed by atoms with Gasteiger partial charge in [-0.05, 0) is 43.5 Å². The smallest absolute Gasteiger partial charge is 0.252 e. The highest BCUT2D eigenvalue weighted by molar-refractivity contribution is 7.91. The number of sulfone groups is 1. The van der Waals surface area contributed by atoms with E-state index < -0.39 is 19.9 Å². The summed E-state index contributed by atoms with van der Waals surface area (Å²) in [6, 6.07) is 17.0. The molecular weight excluding hydrogens is 526 g/mol. The van der Waals surface area contributed by atoms with Crippen molar-refractivity contribution in [2.75, 3.05) is 18.1 Å². The number of nitrogens with two attached hydrogens (primary N) is 1. The predicted molar refractivity (Wildman–Crippen MR) is 144 cm³/mol. The lowest BCUT2D eigenvalue weighted by Gasteiger charge is -2.12. The molecule has 0 radical (unpaired) electrons. The molecule has 1 saturated heterocycles. The number of hydrogen-bond acceptors (Lipinski definition) is 7. The number of nitrogens with zero attached hydrogens (tertiary/aromatic N) is 3. The van der Waals surface area contributed by atoms with Crippen LogP contribution in [-0.2, 0) is 26.3 Å². The Balaban J connectivity index is 1.47. The van der Waals surface area contributed by atoms with E-state index in [1.807, 2.05) is 30.3 Å². The number of pyridine rings is 1. The van der Waals surface area contributed by atoms with E-state index in [4.69, 9.17) is 10.1 Å². The maximum absolute atomic E-state index is 13.4. The molecule has 1 unspecified atom stereocenters. The van der Waals surface area contributed by atoms with Gasteiger partial charge < -0.3 is 5.32 Å². The van der Waals surface area contributed by atoms with Gasteiger partial charge in [0.1, 0.15) is 0 Å². The summed E-state index contributed by atoms with van der Waals surface area (Å²) < 4.78 is 48.9. The van der Waals surface area contributed by atoms with Crippen LogP contribution in [0.3, 0.4) is 0 Å². The van der Waals surface area contributed by atoms with Crippen molar-refractivity contribution in [3.63, 3.8) is 0 Å². The van der Waals surface area contributed by atoms with Crippen molar-refractivity contribution in [2.45, 2.75) is 30.7 Å². The zero-order valence-electron chi connectivity index (χ0n) is 20.7. The molecule has 1 aliphatic heterocycles. The Morgan fingerprint density at radius 3 is 2.47 bits per heavy atom. The molecule has 1 atom stereocenters. The molecule has 1 fully saturated rings. The van der Waals surface area contributed by atoms with Gasteiger partial charge in [-0.1, -0.05) is 42.5 Å². The van der Waals surface area contributed by atoms with Crippen molar-refractivity contribution in [3.8, 4) is 11.3 Å². The number of benzene rings is 2. The van der Waals surface area contributed by atoms with E-state index in [9.17, 15) is 21.6 Å². The molecule has 2 aromatic heterocycles. The van der Waals surface area contributed by atoms with Crippen molar-refractivity contribution in [1.29, 1.82) is 0 Å². The summed E-state index contributed by atoms with van der Waals surface area (Å²) in [6.07, 6.45) is 0.927. The summed E-state index contributed by atoms with van der Waals surface area (Å²) >= 11 is 0. The molecule has 0 saturated carbocycles. The first-order valence-electron chi connectivity index (χ1n) is 12.1. The third kappa shape index (κ3) is 5.33. The highest BCUT2D eigenvalue weighted by Gasteiger charge is 2.32. The molecule has 0 spiro atoms. The van der Waals surface area contributed by atoms with Gasteiger partial charge in [-0.25, -0.2) is 31.6 Å². The van der Waals surface area contributed by atoms with Crippen molar-refractivity contribution >= 4 is 36.8 Å². The number of hydrogen-bond donors (Lipinski definition) is 2. The van der Waals surface area contributed by atoms with Gasteiger partial charge in [0.15, 0.2) is 15.5 Å². The standard InChI is InChI=1S/C26H27N5O5S2/c1-17-24-22(26(32)28-13-11-18-7-9-21(10-8-18)38(27,35)36)15-23(19-5-3-2-4-6-19)29-25(24)31(30-17)20-12-14-37(33,34)16-20/h2-10,15,20H,11-14,16H2,1H3,(H,28,32)(H2,27,35,36). The van der Waals surface area contributed by atoms with Crippen LogP contribution in [0.25, 0.3) is 22.3 Å². The molecule has 0 aliphatic carbocycles. The molecule has 38 heavy (non-hydrogen) atoms. The number of sulfonamides is 1. The van der Waals surface area contributed by atoms with Gasteiger partial charge in [0.25, 0.3) is 5.91 Å². The second kappa shape index (κ2) is 9.93. The van der Waals surface area contributed by atoms with Crippen LogP contribution in [0.5, 0.6) is 0 Å². The zero-order valence-corrected chi connectivity index (χ0v) is 22.3. The summed E-state index contributed by atoms with van der Waals surface area (Å²) in [5.74, 6) is -0.216. The van der Waals surface area contributed by atoms with Gasteiger partial charge in [-0.15, -0.1) is 0 Å². The minimum absolute atomic E-state index is 0.00770. The van der Waals surface area contributed by atoms with Crippen LogP contribution in [0.4, 0.5) is 0 Å². The normalized spacial score (nSPS) is 17.1. The van der Waals surface area contributed by atoms with Crippen molar-refractivity contribution in [3.05, 3.63) is 77.5 Å². The molecule has 3 N–H and O–H groups in total. The Morgan fingerprint density at radius 2 is 1.84 bits per heavy atom. The lowest BCUT2D eigenvalue weighted by Crippen LogP contribution is -2.26. The largest absolute Gasteiger partial charge is 0.352 e.